The maximum Gasteiger partial charge on any atom is 1.00 e. The number of Topliss-reactive ketones (excluding diaryl/α,β-unsaturated/α-hetero) is 1. The molecule has 1 fully saturated rings. The van der Waals surface area contributed by atoms with Gasteiger partial charge in [-0.1, -0.05) is 47.1 Å². The normalized spacial score (nSPS) is 15.5. The molecule has 1 aliphatic carbocycles. The number of carbonyl (C=O) groups is 3. The molecule has 0 atom stereocenters. The zero-order valence-corrected chi connectivity index (χ0v) is 44.8. The Labute approximate surface area is 430 Å². The van der Waals surface area contributed by atoms with Crippen molar-refractivity contribution in [2.75, 3.05) is 111 Å². The molecule has 0 bridgehead atoms. The Morgan fingerprint density at radius 1 is 0.797 bits per heavy atom. The number of ketones is 1. The van der Waals surface area contributed by atoms with E-state index in [-0.39, 0.29) is 83.3 Å². The molecule has 0 unspecified atom stereocenters. The van der Waals surface area contributed by atoms with Gasteiger partial charge in [-0.15, -0.1) is 0 Å². The number of fused-ring (bicyclic) bond motifs is 2. The van der Waals surface area contributed by atoms with Crippen LogP contribution in [-0.2, 0) is 63.8 Å². The number of benzene rings is 2. The Hall–Kier alpha value is -3.59. The average Bonchev–Trinajstić information content (AvgIpc) is 3.71. The first kappa shape index (κ1) is 58.0. The third-order valence-corrected chi connectivity index (χ3v) is 12.9. The molecule has 2 amide bonds. The predicted octanol–water partition coefficient (Wildman–Crippen LogP) is 2.69. The molecule has 374 valence electrons. The van der Waals surface area contributed by atoms with Gasteiger partial charge in [-0.05, 0) is 71.9 Å². The third-order valence-electron chi connectivity index (χ3n) is 12.1. The Morgan fingerprint density at radius 3 is 1.97 bits per heavy atom. The van der Waals surface area contributed by atoms with E-state index in [4.69, 9.17) is 32.8 Å². The molecule has 0 saturated carbocycles. The van der Waals surface area contributed by atoms with E-state index in [1.807, 2.05) is 32.1 Å². The summed E-state index contributed by atoms with van der Waals surface area (Å²) in [6.07, 6.45) is 8.39. The third kappa shape index (κ3) is 17.0. The Balaban J connectivity index is 0.0000104. The molecule has 16 nitrogen and oxygen atoms in total. The van der Waals surface area contributed by atoms with Crippen molar-refractivity contribution in [2.45, 2.75) is 88.9 Å². The standard InChI is InChI=1S/C51H71N3O13S.Na/c1-50(2,3)43-35-40(67-46-34-38(15-17-42(43)46)52(22-24-63-30-32-65-28-26-61-6)23-25-64-31-33-66-29-27-62-7)13-11-14-47-51(4,5)44-36-41(68(58,59)60)16-18-45(44)53(47)21-10-8-9-12-39(55)37-54-48(56)19-20-49(54)57;/h11,13-18,34-36H,8-10,12,19-33,37H2,1-7H3;/q;+1. The summed E-state index contributed by atoms with van der Waals surface area (Å²) in [4.78, 5) is 39.6. The van der Waals surface area contributed by atoms with Crippen LogP contribution in [0.4, 0.5) is 5.69 Å². The van der Waals surface area contributed by atoms with Crippen LogP contribution in [0, 0.1) is 0 Å². The predicted molar refractivity (Wildman–Crippen MR) is 257 cm³/mol. The van der Waals surface area contributed by atoms with Crippen molar-refractivity contribution in [1.29, 1.82) is 0 Å². The van der Waals surface area contributed by atoms with Gasteiger partial charge < -0.3 is 42.3 Å². The summed E-state index contributed by atoms with van der Waals surface area (Å²) >= 11 is 0. The largest absolute Gasteiger partial charge is 1.00 e. The molecular weight excluding hydrogens is 918 g/mol. The van der Waals surface area contributed by atoms with Crippen LogP contribution in [0.1, 0.15) is 90.0 Å². The van der Waals surface area contributed by atoms with Crippen LogP contribution < -0.4 is 44.4 Å². The number of anilines is 1. The van der Waals surface area contributed by atoms with Gasteiger partial charge in [-0.25, -0.2) is 13.0 Å². The maximum absolute atomic E-state index is 12.7. The summed E-state index contributed by atoms with van der Waals surface area (Å²) in [6.45, 7) is 17.0. The maximum atomic E-state index is 12.7. The number of hydrogen-bond acceptors (Lipinski definition) is 14. The molecule has 69 heavy (non-hydrogen) atoms. The Bertz CT molecular complexity index is 2350. The monoisotopic (exact) mass is 988 g/mol. The first-order valence-corrected chi connectivity index (χ1v) is 24.9. The molecule has 1 saturated heterocycles. The van der Waals surface area contributed by atoms with Gasteiger partial charge in [-0.2, -0.15) is 0 Å². The van der Waals surface area contributed by atoms with Gasteiger partial charge in [0.2, 0.25) is 17.2 Å². The average molecular weight is 989 g/mol. The first-order chi connectivity index (χ1) is 32.4. The van der Waals surface area contributed by atoms with Crippen LogP contribution in [0.2, 0.25) is 0 Å². The van der Waals surface area contributed by atoms with E-state index in [1.165, 1.54) is 12.1 Å². The van der Waals surface area contributed by atoms with E-state index in [0.717, 1.165) is 32.8 Å². The molecule has 3 aliphatic heterocycles. The fraction of sp³-hybridized carbons (Fsp3) is 0.569. The summed E-state index contributed by atoms with van der Waals surface area (Å²) in [6, 6.07) is 12.8. The number of imide groups is 1. The molecule has 4 aliphatic rings. The quantitative estimate of drug-likeness (QED) is 0.0325. The van der Waals surface area contributed by atoms with E-state index in [1.54, 1.807) is 20.3 Å². The number of likely N-dealkylation sites (tertiary alicyclic amines) is 1. The number of hydrogen-bond donors (Lipinski definition) is 0. The Morgan fingerprint density at radius 2 is 1.39 bits per heavy atom. The first-order valence-electron chi connectivity index (χ1n) is 23.5. The van der Waals surface area contributed by atoms with Crippen molar-refractivity contribution in [2.24, 2.45) is 0 Å². The van der Waals surface area contributed by atoms with Crippen molar-refractivity contribution < 1.29 is 89.7 Å². The summed E-state index contributed by atoms with van der Waals surface area (Å²) in [5, 5.41) is 0.950. The second-order valence-corrected chi connectivity index (χ2v) is 19.8. The molecule has 0 N–H and O–H groups in total. The Kier molecular flexibility index (Phi) is 23.4. The zero-order valence-electron chi connectivity index (χ0n) is 42.0. The van der Waals surface area contributed by atoms with E-state index in [0.29, 0.717) is 122 Å². The molecule has 3 heterocycles. The van der Waals surface area contributed by atoms with Crippen molar-refractivity contribution in [3.63, 3.8) is 0 Å². The summed E-state index contributed by atoms with van der Waals surface area (Å²) in [5.41, 5.74) is 3.61. The van der Waals surface area contributed by atoms with Gasteiger partial charge in [-0.3, -0.25) is 19.3 Å². The fourth-order valence-corrected chi connectivity index (χ4v) is 8.85. The molecule has 18 heteroatoms. The minimum absolute atomic E-state index is 0. The molecule has 1 aromatic rings. The van der Waals surface area contributed by atoms with Crippen molar-refractivity contribution in [3.05, 3.63) is 82.6 Å². The van der Waals surface area contributed by atoms with Crippen LogP contribution in [0.5, 0.6) is 0 Å². The second-order valence-electron chi connectivity index (χ2n) is 18.5. The van der Waals surface area contributed by atoms with Crippen LogP contribution in [0.15, 0.2) is 69.6 Å². The van der Waals surface area contributed by atoms with Gasteiger partial charge in [0.25, 0.3) is 0 Å². The zero-order chi connectivity index (χ0) is 49.3. The minimum atomic E-state index is -4.70. The van der Waals surface area contributed by atoms with Crippen molar-refractivity contribution in [3.8, 4) is 11.3 Å². The summed E-state index contributed by atoms with van der Waals surface area (Å²) < 4.78 is 78.4. The van der Waals surface area contributed by atoms with Crippen LogP contribution in [-0.4, -0.2) is 142 Å². The molecular formula is C51H71N3NaO13S+. The molecule has 5 rings (SSSR count). The van der Waals surface area contributed by atoms with E-state index in [9.17, 15) is 27.4 Å². The second kappa shape index (κ2) is 27.9. The number of carbonyl (C=O) groups excluding carboxylic acids is 3. The van der Waals surface area contributed by atoms with Gasteiger partial charge in [0.05, 0.1) is 70.4 Å². The minimum Gasteiger partial charge on any atom is -0.744 e. The van der Waals surface area contributed by atoms with Gasteiger partial charge in [0.15, 0.2) is 18.9 Å². The number of ether oxygens (including phenoxy) is 6. The van der Waals surface area contributed by atoms with Crippen LogP contribution >= 0.6 is 0 Å². The number of methoxy groups -OCH3 is 2. The van der Waals surface area contributed by atoms with E-state index >= 15 is 0 Å². The number of rotatable bonds is 29. The SMILES string of the molecule is COCCOCCOCC[N+](CCOCCOCCOC)=c1ccc2c(C(C)(C)C)cc(/C=C/C=C3/N(CCCCCC(=O)CN4C(=O)CCC4=O)c4ccc(S(=O)(=O)[O-])cc4C3(C)C)oc-2c1.[Na+]. The fourth-order valence-electron chi connectivity index (χ4n) is 8.35. The van der Waals surface area contributed by atoms with Crippen LogP contribution in [0.3, 0.4) is 0 Å². The van der Waals surface area contributed by atoms with Gasteiger partial charge in [0.1, 0.15) is 34.9 Å². The number of nitrogens with zero attached hydrogens (tertiary/aromatic N) is 3. The van der Waals surface area contributed by atoms with E-state index in [2.05, 4.69) is 54.5 Å². The van der Waals surface area contributed by atoms with Gasteiger partial charge >= 0.3 is 29.6 Å². The molecule has 0 aromatic heterocycles. The summed E-state index contributed by atoms with van der Waals surface area (Å²) in [5.74, 6) is 0.597. The molecule has 0 spiro atoms. The summed E-state index contributed by atoms with van der Waals surface area (Å²) in [7, 11) is -1.42. The van der Waals surface area contributed by atoms with Crippen LogP contribution in [0.25, 0.3) is 17.4 Å². The van der Waals surface area contributed by atoms with Gasteiger partial charge in [0, 0.05) is 68.5 Å². The number of unbranched alkanes of at least 4 members (excludes halogenated alkanes) is 2. The topological polar surface area (TPSA) is 186 Å². The van der Waals surface area contributed by atoms with Crippen molar-refractivity contribution in [1.82, 2.24) is 9.48 Å². The number of allylic oxidation sites excluding steroid dienone is 3. The molecule has 1 aromatic carbocycles. The molecule has 0 radical (unpaired) electrons. The van der Waals surface area contributed by atoms with Crippen molar-refractivity contribution >= 4 is 39.5 Å². The number of amides is 2. The van der Waals surface area contributed by atoms with E-state index < -0.39 is 15.5 Å². The smallest absolute Gasteiger partial charge is 0.744 e.